The highest BCUT2D eigenvalue weighted by molar-refractivity contribution is 7.89. The molecule has 19 heavy (non-hydrogen) atoms. The summed E-state index contributed by atoms with van der Waals surface area (Å²) in [6, 6.07) is 6.97. The molecule has 1 aliphatic heterocycles. The highest BCUT2D eigenvalue weighted by Gasteiger charge is 2.26. The quantitative estimate of drug-likeness (QED) is 0.893. The summed E-state index contributed by atoms with van der Waals surface area (Å²) in [5, 5.41) is 3.22. The van der Waals surface area contributed by atoms with Crippen LogP contribution < -0.4 is 10.0 Å². The van der Waals surface area contributed by atoms with Gasteiger partial charge < -0.3 is 5.32 Å². The molecule has 1 aliphatic rings. The van der Waals surface area contributed by atoms with E-state index in [0.717, 1.165) is 18.5 Å². The Morgan fingerprint density at radius 3 is 2.74 bits per heavy atom. The average Bonchev–Trinajstić information content (AvgIpc) is 2.32. The van der Waals surface area contributed by atoms with Gasteiger partial charge in [0, 0.05) is 12.6 Å². The van der Waals surface area contributed by atoms with Gasteiger partial charge in [-0.25, -0.2) is 13.1 Å². The van der Waals surface area contributed by atoms with Crippen molar-refractivity contribution in [1.29, 1.82) is 0 Å². The van der Waals surface area contributed by atoms with E-state index in [1.54, 1.807) is 18.2 Å². The minimum atomic E-state index is -3.41. The molecule has 2 atom stereocenters. The number of aryl methyl sites for hydroxylation is 1. The van der Waals surface area contributed by atoms with Gasteiger partial charge in [0.25, 0.3) is 0 Å². The number of hydrogen-bond acceptors (Lipinski definition) is 3. The van der Waals surface area contributed by atoms with Gasteiger partial charge in [0.15, 0.2) is 0 Å². The molecule has 1 aromatic carbocycles. The molecule has 1 saturated heterocycles. The summed E-state index contributed by atoms with van der Waals surface area (Å²) in [6.07, 6.45) is 1.00. The molecule has 1 aromatic rings. The summed E-state index contributed by atoms with van der Waals surface area (Å²) < 4.78 is 27.3. The maximum atomic E-state index is 12.3. The van der Waals surface area contributed by atoms with E-state index in [9.17, 15) is 8.42 Å². The minimum absolute atomic E-state index is 0. The molecule has 2 rings (SSSR count). The van der Waals surface area contributed by atoms with Crippen LogP contribution in [0.4, 0.5) is 0 Å². The lowest BCUT2D eigenvalue weighted by Gasteiger charge is -2.30. The van der Waals surface area contributed by atoms with Gasteiger partial charge in [0.2, 0.25) is 10.0 Å². The number of sulfonamides is 1. The highest BCUT2D eigenvalue weighted by atomic mass is 35.5. The third kappa shape index (κ3) is 4.18. The highest BCUT2D eigenvalue weighted by Crippen LogP contribution is 2.16. The Kier molecular flexibility index (Phi) is 5.80. The molecule has 6 heteroatoms. The number of nitrogens with one attached hydrogen (secondary N) is 2. The smallest absolute Gasteiger partial charge is 0.240 e. The van der Waals surface area contributed by atoms with Gasteiger partial charge in [-0.05, 0) is 43.5 Å². The van der Waals surface area contributed by atoms with Crippen LogP contribution in [-0.2, 0) is 10.0 Å². The Morgan fingerprint density at radius 1 is 1.37 bits per heavy atom. The minimum Gasteiger partial charge on any atom is -0.315 e. The second-order valence-corrected chi connectivity index (χ2v) is 6.73. The largest absolute Gasteiger partial charge is 0.315 e. The van der Waals surface area contributed by atoms with Crippen molar-refractivity contribution in [3.05, 3.63) is 29.8 Å². The van der Waals surface area contributed by atoms with Gasteiger partial charge in [0.1, 0.15) is 0 Å². The average molecular weight is 305 g/mol. The van der Waals surface area contributed by atoms with Crippen LogP contribution in [0.1, 0.15) is 18.9 Å². The van der Waals surface area contributed by atoms with E-state index in [1.165, 1.54) is 0 Å². The lowest BCUT2D eigenvalue weighted by molar-refractivity contribution is 0.327. The number of halogens is 1. The van der Waals surface area contributed by atoms with Crippen LogP contribution in [0.25, 0.3) is 0 Å². The Hall–Kier alpha value is -0.620. The molecule has 108 valence electrons. The number of benzene rings is 1. The fourth-order valence-electron chi connectivity index (χ4n) is 2.20. The molecule has 0 spiro atoms. The van der Waals surface area contributed by atoms with Crippen molar-refractivity contribution in [2.24, 2.45) is 5.92 Å². The van der Waals surface area contributed by atoms with Crippen LogP contribution >= 0.6 is 12.4 Å². The van der Waals surface area contributed by atoms with E-state index in [-0.39, 0.29) is 18.4 Å². The molecule has 0 radical (unpaired) electrons. The molecule has 0 aromatic heterocycles. The molecule has 0 amide bonds. The van der Waals surface area contributed by atoms with Crippen molar-refractivity contribution >= 4 is 22.4 Å². The first-order valence-electron chi connectivity index (χ1n) is 6.29. The van der Waals surface area contributed by atoms with Gasteiger partial charge >= 0.3 is 0 Å². The molecular weight excluding hydrogens is 284 g/mol. The third-order valence-electron chi connectivity index (χ3n) is 3.43. The molecule has 1 heterocycles. The van der Waals surface area contributed by atoms with Crippen molar-refractivity contribution in [3.63, 3.8) is 0 Å². The molecule has 2 unspecified atom stereocenters. The van der Waals surface area contributed by atoms with E-state index in [2.05, 4.69) is 17.0 Å². The first-order valence-corrected chi connectivity index (χ1v) is 7.77. The van der Waals surface area contributed by atoms with Crippen molar-refractivity contribution in [1.82, 2.24) is 10.0 Å². The van der Waals surface area contributed by atoms with Crippen LogP contribution in [0.15, 0.2) is 29.2 Å². The summed E-state index contributed by atoms with van der Waals surface area (Å²) in [7, 11) is -3.41. The van der Waals surface area contributed by atoms with Crippen LogP contribution in [0.5, 0.6) is 0 Å². The molecule has 1 fully saturated rings. The van der Waals surface area contributed by atoms with Gasteiger partial charge in [-0.15, -0.1) is 12.4 Å². The summed E-state index contributed by atoms with van der Waals surface area (Å²) in [6.45, 7) is 5.64. The van der Waals surface area contributed by atoms with Crippen LogP contribution in [0.2, 0.25) is 0 Å². The zero-order valence-electron chi connectivity index (χ0n) is 11.2. The van der Waals surface area contributed by atoms with E-state index in [0.29, 0.717) is 17.4 Å². The summed E-state index contributed by atoms with van der Waals surface area (Å²) in [4.78, 5) is 0.347. The topological polar surface area (TPSA) is 58.2 Å². The fourth-order valence-corrected chi connectivity index (χ4v) is 3.65. The van der Waals surface area contributed by atoms with Gasteiger partial charge in [-0.3, -0.25) is 0 Å². The van der Waals surface area contributed by atoms with Crippen molar-refractivity contribution < 1.29 is 8.42 Å². The second kappa shape index (κ2) is 6.70. The van der Waals surface area contributed by atoms with Gasteiger partial charge in [0.05, 0.1) is 4.90 Å². The monoisotopic (exact) mass is 304 g/mol. The SMILES string of the molecule is Cc1cccc(S(=O)(=O)NC2CNCCC2C)c1.Cl. The Balaban J connectivity index is 0.00000180. The maximum Gasteiger partial charge on any atom is 0.240 e. The van der Waals surface area contributed by atoms with Crippen molar-refractivity contribution in [3.8, 4) is 0 Å². The Labute approximate surface area is 121 Å². The molecule has 0 saturated carbocycles. The molecule has 0 aliphatic carbocycles. The molecular formula is C13H21ClN2O2S. The van der Waals surface area contributed by atoms with Crippen LogP contribution in [0, 0.1) is 12.8 Å². The standard InChI is InChI=1S/C13H20N2O2S.ClH/c1-10-4-3-5-12(8-10)18(16,17)15-13-9-14-7-6-11(13)2;/h3-5,8,11,13-15H,6-7,9H2,1-2H3;1H. The summed E-state index contributed by atoms with van der Waals surface area (Å²) >= 11 is 0. The zero-order chi connectivity index (χ0) is 13.2. The van der Waals surface area contributed by atoms with E-state index in [1.807, 2.05) is 13.0 Å². The van der Waals surface area contributed by atoms with Crippen molar-refractivity contribution in [2.75, 3.05) is 13.1 Å². The van der Waals surface area contributed by atoms with E-state index >= 15 is 0 Å². The van der Waals surface area contributed by atoms with Gasteiger partial charge in [-0.2, -0.15) is 0 Å². The van der Waals surface area contributed by atoms with Gasteiger partial charge in [-0.1, -0.05) is 19.1 Å². The summed E-state index contributed by atoms with van der Waals surface area (Å²) in [5.74, 6) is 0.367. The number of piperidine rings is 1. The van der Waals surface area contributed by atoms with Crippen LogP contribution in [-0.4, -0.2) is 27.5 Å². The van der Waals surface area contributed by atoms with E-state index < -0.39 is 10.0 Å². The fraction of sp³-hybridized carbons (Fsp3) is 0.538. The first kappa shape index (κ1) is 16.4. The number of rotatable bonds is 3. The normalized spacial score (nSPS) is 23.7. The Morgan fingerprint density at radius 2 is 2.11 bits per heavy atom. The number of hydrogen-bond donors (Lipinski definition) is 2. The summed E-state index contributed by atoms with van der Waals surface area (Å²) in [5.41, 5.74) is 0.952. The lowest BCUT2D eigenvalue weighted by atomic mass is 9.96. The molecule has 4 nitrogen and oxygen atoms in total. The maximum absolute atomic E-state index is 12.3. The van der Waals surface area contributed by atoms with Crippen LogP contribution in [0.3, 0.4) is 0 Å². The third-order valence-corrected chi connectivity index (χ3v) is 4.92. The lowest BCUT2D eigenvalue weighted by Crippen LogP contribution is -2.50. The predicted molar refractivity (Wildman–Crippen MR) is 79.2 cm³/mol. The molecule has 2 N–H and O–H groups in total. The predicted octanol–water partition coefficient (Wildman–Crippen LogP) is 1.69. The molecule has 0 bridgehead atoms. The Bertz CT molecular complexity index is 519. The van der Waals surface area contributed by atoms with E-state index in [4.69, 9.17) is 0 Å². The first-order chi connectivity index (χ1) is 8.49. The second-order valence-electron chi connectivity index (χ2n) is 5.01. The van der Waals surface area contributed by atoms with Crippen molar-refractivity contribution in [2.45, 2.75) is 31.2 Å². The zero-order valence-corrected chi connectivity index (χ0v) is 12.9.